The number of aromatic nitrogens is 1. The number of benzene rings is 1. The molecule has 140 valence electrons. The number of nitrogens with one attached hydrogen (secondary N) is 2. The Morgan fingerprint density at radius 2 is 1.96 bits per heavy atom. The van der Waals surface area contributed by atoms with Crippen molar-refractivity contribution in [1.29, 1.82) is 5.26 Å². The lowest BCUT2D eigenvalue weighted by Crippen LogP contribution is -2.71. The van der Waals surface area contributed by atoms with Crippen molar-refractivity contribution in [2.45, 2.75) is 16.9 Å². The SMILES string of the molecule is CC(Cl)(Cl)[C@](N)(NC(=O)c1ccc(Cl)cc1)C(=NC#N)Nc1cccnc1. The van der Waals surface area contributed by atoms with Crippen LogP contribution >= 0.6 is 34.8 Å². The summed E-state index contributed by atoms with van der Waals surface area (Å²) in [4.78, 5) is 20.3. The smallest absolute Gasteiger partial charge is 0.253 e. The number of nitriles is 1. The predicted molar refractivity (Wildman–Crippen MR) is 107 cm³/mol. The van der Waals surface area contributed by atoms with Gasteiger partial charge in [0.15, 0.2) is 15.8 Å². The number of amidine groups is 1. The molecule has 2 aromatic rings. The number of anilines is 1. The van der Waals surface area contributed by atoms with Gasteiger partial charge in [-0.1, -0.05) is 34.8 Å². The van der Waals surface area contributed by atoms with Gasteiger partial charge in [-0.25, -0.2) is 0 Å². The number of aliphatic imine (C=N–C) groups is 1. The molecule has 7 nitrogen and oxygen atoms in total. The van der Waals surface area contributed by atoms with Crippen molar-refractivity contribution in [2.75, 3.05) is 5.32 Å². The van der Waals surface area contributed by atoms with Gasteiger partial charge in [0.2, 0.25) is 6.19 Å². The summed E-state index contributed by atoms with van der Waals surface area (Å²) >= 11 is 18.3. The largest absolute Gasteiger partial charge is 0.339 e. The molecule has 1 amide bonds. The van der Waals surface area contributed by atoms with E-state index in [1.54, 1.807) is 36.7 Å². The molecule has 1 aromatic carbocycles. The number of nitrogens with zero attached hydrogens (tertiary/aromatic N) is 3. The first-order chi connectivity index (χ1) is 12.7. The monoisotopic (exact) mass is 424 g/mol. The molecule has 0 saturated heterocycles. The number of nitrogens with two attached hydrogens (primary N) is 1. The number of rotatable bonds is 5. The number of hydrogen-bond acceptors (Lipinski definition) is 5. The Bertz CT molecular complexity index is 874. The van der Waals surface area contributed by atoms with E-state index in [1.165, 1.54) is 25.3 Å². The molecule has 0 bridgehead atoms. The Balaban J connectivity index is 2.41. The summed E-state index contributed by atoms with van der Waals surface area (Å²) in [6.07, 6.45) is 4.67. The average molecular weight is 426 g/mol. The third kappa shape index (κ3) is 5.08. The Hall–Kier alpha value is -2.37. The van der Waals surface area contributed by atoms with Gasteiger partial charge in [0, 0.05) is 16.8 Å². The Morgan fingerprint density at radius 3 is 2.48 bits per heavy atom. The molecule has 0 spiro atoms. The predicted octanol–water partition coefficient (Wildman–Crippen LogP) is 3.31. The van der Waals surface area contributed by atoms with Gasteiger partial charge in [-0.2, -0.15) is 10.3 Å². The van der Waals surface area contributed by atoms with E-state index in [4.69, 9.17) is 45.8 Å². The molecule has 0 aliphatic heterocycles. The van der Waals surface area contributed by atoms with Gasteiger partial charge in [-0.15, -0.1) is 0 Å². The summed E-state index contributed by atoms with van der Waals surface area (Å²) in [5.74, 6) is -0.742. The van der Waals surface area contributed by atoms with Crippen LogP contribution in [0.2, 0.25) is 5.02 Å². The number of carbonyl (C=O) groups excluding carboxylic acids is 1. The summed E-state index contributed by atoms with van der Waals surface area (Å²) in [6.45, 7) is 1.37. The number of alkyl halides is 2. The Kier molecular flexibility index (Phi) is 6.63. The van der Waals surface area contributed by atoms with Gasteiger partial charge >= 0.3 is 0 Å². The molecule has 0 aliphatic carbocycles. The zero-order valence-corrected chi connectivity index (χ0v) is 16.3. The van der Waals surface area contributed by atoms with Crippen LogP contribution in [0.3, 0.4) is 0 Å². The maximum absolute atomic E-state index is 12.6. The fraction of sp³-hybridized carbons (Fsp3) is 0.176. The van der Waals surface area contributed by atoms with Gasteiger partial charge in [0.05, 0.1) is 11.9 Å². The molecule has 0 aliphatic rings. The summed E-state index contributed by atoms with van der Waals surface area (Å²) in [7, 11) is 0. The van der Waals surface area contributed by atoms with Gasteiger partial charge < -0.3 is 10.6 Å². The van der Waals surface area contributed by atoms with Crippen LogP contribution in [0.5, 0.6) is 0 Å². The lowest BCUT2D eigenvalue weighted by molar-refractivity contribution is 0.0920. The van der Waals surface area contributed by atoms with Crippen molar-refractivity contribution >= 4 is 52.2 Å². The second-order valence-corrected chi connectivity index (χ2v) is 7.73. The number of amides is 1. The number of carbonyl (C=O) groups is 1. The van der Waals surface area contributed by atoms with Crippen molar-refractivity contribution in [1.82, 2.24) is 10.3 Å². The third-order valence-electron chi connectivity index (χ3n) is 3.57. The molecule has 10 heteroatoms. The minimum absolute atomic E-state index is 0.159. The first-order valence-electron chi connectivity index (χ1n) is 7.56. The number of hydrogen-bond donors (Lipinski definition) is 3. The van der Waals surface area contributed by atoms with Crippen molar-refractivity contribution in [3.63, 3.8) is 0 Å². The van der Waals surface area contributed by atoms with Gasteiger partial charge in [0.1, 0.15) is 0 Å². The van der Waals surface area contributed by atoms with E-state index in [1.807, 2.05) is 0 Å². The van der Waals surface area contributed by atoms with Gasteiger partial charge in [-0.05, 0) is 43.3 Å². The average Bonchev–Trinajstić information content (AvgIpc) is 2.61. The van der Waals surface area contributed by atoms with Crippen LogP contribution in [0.1, 0.15) is 17.3 Å². The molecule has 0 saturated carbocycles. The summed E-state index contributed by atoms with van der Waals surface area (Å²) in [5, 5.41) is 14.9. The van der Waals surface area contributed by atoms with Crippen LogP contribution in [-0.4, -0.2) is 26.7 Å². The minimum Gasteiger partial charge on any atom is -0.339 e. The summed E-state index contributed by atoms with van der Waals surface area (Å²) < 4.78 is -1.74. The topological polar surface area (TPSA) is 116 Å². The summed E-state index contributed by atoms with van der Waals surface area (Å²) in [6, 6.07) is 9.44. The molecule has 1 atom stereocenters. The van der Waals surface area contributed by atoms with Gasteiger partial charge in [-0.3, -0.25) is 15.5 Å². The fourth-order valence-electron chi connectivity index (χ4n) is 2.07. The molecule has 0 unspecified atom stereocenters. The van der Waals surface area contributed by atoms with E-state index < -0.39 is 15.9 Å². The first kappa shape index (κ1) is 20.9. The first-order valence-corrected chi connectivity index (χ1v) is 8.70. The van der Waals surface area contributed by atoms with E-state index in [9.17, 15) is 4.79 Å². The van der Waals surface area contributed by atoms with Crippen molar-refractivity contribution in [2.24, 2.45) is 10.7 Å². The van der Waals surface area contributed by atoms with E-state index in [-0.39, 0.29) is 11.4 Å². The molecule has 0 fully saturated rings. The molecule has 2 rings (SSSR count). The second-order valence-electron chi connectivity index (χ2n) is 5.58. The maximum Gasteiger partial charge on any atom is 0.253 e. The highest BCUT2D eigenvalue weighted by Crippen LogP contribution is 2.32. The molecular formula is C17H15Cl3N6O. The zero-order chi connectivity index (χ0) is 20.1. The lowest BCUT2D eigenvalue weighted by atomic mass is 10.0. The van der Waals surface area contributed by atoms with Crippen molar-refractivity contribution < 1.29 is 4.79 Å². The molecule has 1 aromatic heterocycles. The lowest BCUT2D eigenvalue weighted by Gasteiger charge is -2.38. The number of pyridine rings is 1. The highest BCUT2D eigenvalue weighted by molar-refractivity contribution is 6.51. The fourth-order valence-corrected chi connectivity index (χ4v) is 2.47. The van der Waals surface area contributed by atoms with E-state index in [0.717, 1.165) is 0 Å². The summed E-state index contributed by atoms with van der Waals surface area (Å²) in [5.41, 5.74) is 5.14. The van der Waals surface area contributed by atoms with Crippen molar-refractivity contribution in [3.8, 4) is 6.19 Å². The molecule has 1 heterocycles. The third-order valence-corrected chi connectivity index (χ3v) is 4.42. The molecule has 4 N–H and O–H groups in total. The molecule has 0 radical (unpaired) electrons. The van der Waals surface area contributed by atoms with E-state index in [0.29, 0.717) is 10.7 Å². The van der Waals surface area contributed by atoms with Crippen LogP contribution < -0.4 is 16.4 Å². The quantitative estimate of drug-likeness (QED) is 0.223. The van der Waals surface area contributed by atoms with Crippen LogP contribution in [0.15, 0.2) is 53.8 Å². The standard InChI is InChI=1S/C17H15Cl3N6O/c1-16(19,20)17(22,26-14(27)11-4-6-12(18)7-5-11)15(24-10-21)25-13-3-2-8-23-9-13/h2-9H,22H2,1H3,(H,24,25)(H,26,27)/t17-/m1/s1. The van der Waals surface area contributed by atoms with Crippen molar-refractivity contribution in [3.05, 3.63) is 59.4 Å². The molecular weight excluding hydrogens is 411 g/mol. The maximum atomic E-state index is 12.6. The Labute approximate surface area is 171 Å². The van der Waals surface area contributed by atoms with Crippen LogP contribution in [0, 0.1) is 11.5 Å². The van der Waals surface area contributed by atoms with Crippen LogP contribution in [0.4, 0.5) is 5.69 Å². The van der Waals surface area contributed by atoms with E-state index >= 15 is 0 Å². The molecule has 27 heavy (non-hydrogen) atoms. The minimum atomic E-state index is -1.93. The van der Waals surface area contributed by atoms with Crippen LogP contribution in [0.25, 0.3) is 0 Å². The number of halogens is 3. The normalized spacial score (nSPS) is 14.0. The highest BCUT2D eigenvalue weighted by Gasteiger charge is 2.49. The zero-order valence-electron chi connectivity index (χ0n) is 14.1. The van der Waals surface area contributed by atoms with Crippen LogP contribution in [-0.2, 0) is 0 Å². The second kappa shape index (κ2) is 8.55. The highest BCUT2D eigenvalue weighted by atomic mass is 35.5. The Morgan fingerprint density at radius 1 is 1.30 bits per heavy atom. The van der Waals surface area contributed by atoms with E-state index in [2.05, 4.69) is 20.6 Å². The van der Waals surface area contributed by atoms with Gasteiger partial charge in [0.25, 0.3) is 5.91 Å².